The van der Waals surface area contributed by atoms with Crippen LogP contribution < -0.4 is 10.6 Å². The molecule has 0 aromatic heterocycles. The number of anilines is 2. The number of hydrogen-bond acceptors (Lipinski definition) is 6. The molecule has 0 atom stereocenters. The van der Waals surface area contributed by atoms with Crippen LogP contribution >= 0.6 is 11.8 Å². The lowest BCUT2D eigenvalue weighted by molar-refractivity contribution is -0.137. The van der Waals surface area contributed by atoms with Gasteiger partial charge >= 0.3 is 0 Å². The quantitative estimate of drug-likeness (QED) is 0.289. The number of amides is 3. The second-order valence-electron chi connectivity index (χ2n) is 9.81. The normalized spacial score (nSPS) is 16.3. The van der Waals surface area contributed by atoms with Crippen molar-refractivity contribution in [3.05, 3.63) is 64.7 Å². The minimum Gasteiger partial charge on any atom is -0.385 e. The predicted molar refractivity (Wildman–Crippen MR) is 147 cm³/mol. The first kappa shape index (κ1) is 26.9. The summed E-state index contributed by atoms with van der Waals surface area (Å²) in [6.45, 7) is 5.01. The molecule has 2 aromatic rings. The Hall–Kier alpha value is -3.10. The van der Waals surface area contributed by atoms with Gasteiger partial charge in [0, 0.05) is 42.4 Å². The summed E-state index contributed by atoms with van der Waals surface area (Å²) in [5.41, 5.74) is 2.96. The molecule has 7 nitrogen and oxygen atoms in total. The molecule has 1 aliphatic carbocycles. The van der Waals surface area contributed by atoms with Crippen molar-refractivity contribution in [3.63, 3.8) is 0 Å². The first-order valence-corrected chi connectivity index (χ1v) is 13.7. The van der Waals surface area contributed by atoms with E-state index in [4.69, 9.17) is 4.74 Å². The van der Waals surface area contributed by atoms with E-state index in [2.05, 4.69) is 24.5 Å². The highest BCUT2D eigenvalue weighted by molar-refractivity contribution is 8.04. The number of nitrogens with zero attached hydrogens (tertiary/aromatic N) is 1. The van der Waals surface area contributed by atoms with Crippen LogP contribution in [0.25, 0.3) is 0 Å². The summed E-state index contributed by atoms with van der Waals surface area (Å²) in [4.78, 5) is 41.5. The molecule has 196 valence electrons. The molecular formula is C29H35N3O4S. The van der Waals surface area contributed by atoms with Gasteiger partial charge in [-0.3, -0.25) is 19.3 Å². The number of rotatable bonds is 11. The number of methoxy groups -OCH3 is 1. The Labute approximate surface area is 223 Å². The van der Waals surface area contributed by atoms with Crippen molar-refractivity contribution in [3.8, 4) is 0 Å². The minimum atomic E-state index is -0.336. The van der Waals surface area contributed by atoms with Gasteiger partial charge in [-0.15, -0.1) is 0 Å². The lowest BCUT2D eigenvalue weighted by atomic mass is 10.0. The Morgan fingerprint density at radius 2 is 1.65 bits per heavy atom. The van der Waals surface area contributed by atoms with Crippen LogP contribution in [0.4, 0.5) is 11.4 Å². The maximum absolute atomic E-state index is 13.3. The third kappa shape index (κ3) is 6.62. The van der Waals surface area contributed by atoms with Crippen LogP contribution in [0.3, 0.4) is 0 Å². The molecule has 2 aromatic carbocycles. The number of hydrogen-bond donors (Lipinski definition) is 2. The summed E-state index contributed by atoms with van der Waals surface area (Å²) in [5, 5.41) is 6.20. The topological polar surface area (TPSA) is 87.7 Å². The zero-order valence-electron chi connectivity index (χ0n) is 21.7. The molecule has 0 saturated heterocycles. The molecule has 0 radical (unpaired) electrons. The van der Waals surface area contributed by atoms with Gasteiger partial charge in [0.15, 0.2) is 0 Å². The number of carbonyl (C=O) groups excluding carboxylic acids is 3. The highest BCUT2D eigenvalue weighted by Crippen LogP contribution is 2.36. The summed E-state index contributed by atoms with van der Waals surface area (Å²) < 4.78 is 5.10. The average Bonchev–Trinajstić information content (AvgIpc) is 3.51. The maximum atomic E-state index is 13.3. The van der Waals surface area contributed by atoms with Crippen molar-refractivity contribution in [2.45, 2.75) is 56.8 Å². The van der Waals surface area contributed by atoms with Crippen molar-refractivity contribution in [1.82, 2.24) is 4.90 Å². The fourth-order valence-electron chi connectivity index (χ4n) is 4.58. The second kappa shape index (κ2) is 12.4. The largest absolute Gasteiger partial charge is 0.385 e. The van der Waals surface area contributed by atoms with Gasteiger partial charge < -0.3 is 15.4 Å². The number of thioether (sulfide) groups is 1. The standard InChI is InChI=1S/C29H35N3O4S/c1-19(2)20-9-11-22(12-10-20)30-25-26(29(35)32(28(25)34)17-6-18-36-3)37-24-15-13-23(14-16-24)31-27(33)21-7-4-5-8-21/h9-16,19,21,30H,4-8,17-18H2,1-3H3,(H,31,33). The van der Waals surface area contributed by atoms with Crippen molar-refractivity contribution in [2.24, 2.45) is 5.92 Å². The number of ether oxygens (including phenoxy) is 1. The number of nitrogens with one attached hydrogen (secondary N) is 2. The molecule has 0 spiro atoms. The van der Waals surface area contributed by atoms with Gasteiger partial charge in [-0.2, -0.15) is 0 Å². The smallest absolute Gasteiger partial charge is 0.278 e. The molecule has 0 unspecified atom stereocenters. The van der Waals surface area contributed by atoms with Gasteiger partial charge in [0.25, 0.3) is 11.8 Å². The monoisotopic (exact) mass is 521 g/mol. The Balaban J connectivity index is 1.52. The van der Waals surface area contributed by atoms with Gasteiger partial charge in [0.1, 0.15) is 10.6 Å². The fraction of sp³-hybridized carbons (Fsp3) is 0.414. The average molecular weight is 522 g/mol. The van der Waals surface area contributed by atoms with Crippen LogP contribution in [0.2, 0.25) is 0 Å². The number of imide groups is 1. The molecule has 4 rings (SSSR count). The van der Waals surface area contributed by atoms with Crippen molar-refractivity contribution >= 4 is 40.9 Å². The first-order valence-electron chi connectivity index (χ1n) is 12.9. The first-order chi connectivity index (χ1) is 17.9. The lowest BCUT2D eigenvalue weighted by Gasteiger charge is -2.15. The highest BCUT2D eigenvalue weighted by atomic mass is 32.2. The molecule has 1 aliphatic heterocycles. The zero-order valence-corrected chi connectivity index (χ0v) is 22.5. The van der Waals surface area contributed by atoms with Crippen LogP contribution in [-0.4, -0.2) is 42.9 Å². The van der Waals surface area contributed by atoms with Crippen LogP contribution in [0.1, 0.15) is 57.4 Å². The fourth-order valence-corrected chi connectivity index (χ4v) is 5.53. The molecule has 8 heteroatoms. The SMILES string of the molecule is COCCCN1C(=O)C(Nc2ccc(C(C)C)cc2)=C(Sc2ccc(NC(=O)C3CCCC3)cc2)C1=O. The Bertz CT molecular complexity index is 1150. The Morgan fingerprint density at radius 3 is 2.27 bits per heavy atom. The van der Waals surface area contributed by atoms with Crippen molar-refractivity contribution < 1.29 is 19.1 Å². The molecule has 1 saturated carbocycles. The highest BCUT2D eigenvalue weighted by Gasteiger charge is 2.38. The Morgan fingerprint density at radius 1 is 1.00 bits per heavy atom. The second-order valence-corrected chi connectivity index (χ2v) is 10.9. The third-order valence-electron chi connectivity index (χ3n) is 6.77. The van der Waals surface area contributed by atoms with E-state index in [1.165, 1.54) is 22.2 Å². The van der Waals surface area contributed by atoms with E-state index in [-0.39, 0.29) is 29.3 Å². The molecule has 1 fully saturated rings. The van der Waals surface area contributed by atoms with Gasteiger partial charge in [-0.1, -0.05) is 50.6 Å². The molecule has 2 N–H and O–H groups in total. The van der Waals surface area contributed by atoms with E-state index in [0.717, 1.165) is 42.0 Å². The molecule has 1 heterocycles. The Kier molecular flexibility index (Phi) is 9.05. The third-order valence-corrected chi connectivity index (χ3v) is 7.86. The van der Waals surface area contributed by atoms with Gasteiger partial charge in [-0.05, 0) is 67.1 Å². The summed E-state index contributed by atoms with van der Waals surface area (Å²) in [5.74, 6) is -0.0909. The van der Waals surface area contributed by atoms with Crippen LogP contribution in [0, 0.1) is 5.92 Å². The van der Waals surface area contributed by atoms with Gasteiger partial charge in [0.05, 0.1) is 0 Å². The van der Waals surface area contributed by atoms with Crippen LogP contribution in [0.5, 0.6) is 0 Å². The molecule has 2 aliphatic rings. The summed E-state index contributed by atoms with van der Waals surface area (Å²) >= 11 is 1.26. The van der Waals surface area contributed by atoms with Crippen LogP contribution in [-0.2, 0) is 19.1 Å². The van der Waals surface area contributed by atoms with E-state index >= 15 is 0 Å². The van der Waals surface area contributed by atoms with Gasteiger partial charge in [0.2, 0.25) is 5.91 Å². The molecule has 37 heavy (non-hydrogen) atoms. The number of benzene rings is 2. The summed E-state index contributed by atoms with van der Waals surface area (Å²) in [7, 11) is 1.60. The minimum absolute atomic E-state index is 0.0684. The maximum Gasteiger partial charge on any atom is 0.278 e. The molecular weight excluding hydrogens is 486 g/mol. The van der Waals surface area contributed by atoms with E-state index in [1.54, 1.807) is 7.11 Å². The summed E-state index contributed by atoms with van der Waals surface area (Å²) in [6.07, 6.45) is 4.67. The summed E-state index contributed by atoms with van der Waals surface area (Å²) in [6, 6.07) is 15.3. The predicted octanol–water partition coefficient (Wildman–Crippen LogP) is 5.76. The van der Waals surface area contributed by atoms with Crippen molar-refractivity contribution in [1.29, 1.82) is 0 Å². The zero-order chi connectivity index (χ0) is 26.4. The molecule has 0 bridgehead atoms. The van der Waals surface area contributed by atoms with Gasteiger partial charge in [-0.25, -0.2) is 0 Å². The van der Waals surface area contributed by atoms with E-state index in [0.29, 0.717) is 30.4 Å². The lowest BCUT2D eigenvalue weighted by Crippen LogP contribution is -2.33. The van der Waals surface area contributed by atoms with Crippen molar-refractivity contribution in [2.75, 3.05) is 30.9 Å². The van der Waals surface area contributed by atoms with E-state index in [9.17, 15) is 14.4 Å². The van der Waals surface area contributed by atoms with Crippen LogP contribution in [0.15, 0.2) is 64.0 Å². The molecule has 3 amide bonds. The van der Waals surface area contributed by atoms with E-state index < -0.39 is 0 Å². The van der Waals surface area contributed by atoms with E-state index in [1.807, 2.05) is 48.5 Å². The number of carbonyl (C=O) groups is 3.